The minimum Gasteiger partial charge on any atom is -0.295 e. The fourth-order valence-corrected chi connectivity index (χ4v) is 1.74. The Hall–Kier alpha value is -0.850. The van der Waals surface area contributed by atoms with Gasteiger partial charge in [-0.1, -0.05) is 45.3 Å². The molecular formula is C15H26O. The Bertz CT molecular complexity index is 226. The third-order valence-corrected chi connectivity index (χ3v) is 2.68. The monoisotopic (exact) mass is 222 g/mol. The fourth-order valence-electron chi connectivity index (χ4n) is 1.74. The lowest BCUT2D eigenvalue weighted by Crippen LogP contribution is -2.02. The van der Waals surface area contributed by atoms with Crippen LogP contribution >= 0.6 is 0 Å². The van der Waals surface area contributed by atoms with Crippen LogP contribution in [0.4, 0.5) is 0 Å². The molecule has 0 aromatic heterocycles. The average molecular weight is 222 g/mol. The molecule has 1 heteroatoms. The van der Waals surface area contributed by atoms with E-state index in [0.29, 0.717) is 12.2 Å². The maximum atomic E-state index is 11.8. The van der Waals surface area contributed by atoms with Crippen LogP contribution in [-0.4, -0.2) is 5.78 Å². The Kier molecular flexibility index (Phi) is 10.1. The summed E-state index contributed by atoms with van der Waals surface area (Å²) in [6.45, 7) is 7.95. The van der Waals surface area contributed by atoms with E-state index in [-0.39, 0.29) is 0 Å². The summed E-state index contributed by atoms with van der Waals surface area (Å²) in [7, 11) is 0. The molecule has 0 N–H and O–H groups in total. The Balaban J connectivity index is 4.01. The van der Waals surface area contributed by atoms with Gasteiger partial charge in [-0.05, 0) is 31.3 Å². The molecule has 0 bridgehead atoms. The number of Topliss-reactive ketones (excluding diaryl/α,β-unsaturated/α-hetero) is 1. The molecular weight excluding hydrogens is 196 g/mol. The number of ketones is 1. The van der Waals surface area contributed by atoms with E-state index in [9.17, 15) is 4.79 Å². The standard InChI is InChI=1S/C15H26O/c1-4-7-9-10-12-14(11-6-3)15(16)13-8-5-2/h5,11H,2,4,6-10,12-13H2,1,3H3. The van der Waals surface area contributed by atoms with Crippen molar-refractivity contribution in [2.75, 3.05) is 0 Å². The lowest BCUT2D eigenvalue weighted by Gasteiger charge is -2.05. The van der Waals surface area contributed by atoms with Crippen molar-refractivity contribution in [3.8, 4) is 0 Å². The summed E-state index contributed by atoms with van der Waals surface area (Å²) in [6, 6.07) is 0. The maximum absolute atomic E-state index is 11.8. The summed E-state index contributed by atoms with van der Waals surface area (Å²) in [5.74, 6) is 0.318. The summed E-state index contributed by atoms with van der Waals surface area (Å²) in [5, 5.41) is 0. The second-order valence-electron chi connectivity index (χ2n) is 4.20. The van der Waals surface area contributed by atoms with Gasteiger partial charge in [-0.15, -0.1) is 6.58 Å². The quantitative estimate of drug-likeness (QED) is 0.294. The van der Waals surface area contributed by atoms with Gasteiger partial charge in [0.1, 0.15) is 0 Å². The Morgan fingerprint density at radius 2 is 1.88 bits per heavy atom. The van der Waals surface area contributed by atoms with Crippen molar-refractivity contribution in [2.45, 2.75) is 65.2 Å². The van der Waals surface area contributed by atoms with Gasteiger partial charge in [-0.25, -0.2) is 0 Å². The van der Waals surface area contributed by atoms with Crippen molar-refractivity contribution < 1.29 is 4.79 Å². The van der Waals surface area contributed by atoms with Crippen LogP contribution in [0.5, 0.6) is 0 Å². The molecule has 0 heterocycles. The minimum atomic E-state index is 0.318. The average Bonchev–Trinajstić information content (AvgIpc) is 2.30. The zero-order valence-corrected chi connectivity index (χ0v) is 10.9. The fraction of sp³-hybridized carbons (Fsp3) is 0.667. The molecule has 0 radical (unpaired) electrons. The number of carbonyl (C=O) groups is 1. The van der Waals surface area contributed by atoms with E-state index in [1.54, 1.807) is 0 Å². The maximum Gasteiger partial charge on any atom is 0.158 e. The van der Waals surface area contributed by atoms with E-state index in [2.05, 4.69) is 26.5 Å². The van der Waals surface area contributed by atoms with Crippen LogP contribution in [-0.2, 0) is 4.79 Å². The molecule has 0 fully saturated rings. The summed E-state index contributed by atoms with van der Waals surface area (Å²) in [6.07, 6.45) is 12.2. The number of unbranched alkanes of at least 4 members (excludes halogenated alkanes) is 3. The van der Waals surface area contributed by atoms with E-state index in [1.165, 1.54) is 19.3 Å². The van der Waals surface area contributed by atoms with Crippen LogP contribution in [0.25, 0.3) is 0 Å². The van der Waals surface area contributed by atoms with Gasteiger partial charge in [0.05, 0.1) is 0 Å². The molecule has 0 aromatic carbocycles. The van der Waals surface area contributed by atoms with Crippen LogP contribution in [0.3, 0.4) is 0 Å². The third-order valence-electron chi connectivity index (χ3n) is 2.68. The van der Waals surface area contributed by atoms with Crippen LogP contribution in [0, 0.1) is 0 Å². The zero-order valence-electron chi connectivity index (χ0n) is 10.9. The van der Waals surface area contributed by atoms with Gasteiger partial charge in [-0.3, -0.25) is 4.79 Å². The first kappa shape index (κ1) is 15.2. The van der Waals surface area contributed by atoms with Crippen molar-refractivity contribution >= 4 is 5.78 Å². The largest absolute Gasteiger partial charge is 0.295 e. The molecule has 1 nitrogen and oxygen atoms in total. The van der Waals surface area contributed by atoms with Gasteiger partial charge in [-0.2, -0.15) is 0 Å². The van der Waals surface area contributed by atoms with Gasteiger partial charge >= 0.3 is 0 Å². The predicted molar refractivity (Wildman–Crippen MR) is 71.6 cm³/mol. The molecule has 0 aliphatic heterocycles. The van der Waals surface area contributed by atoms with Crippen LogP contribution < -0.4 is 0 Å². The van der Waals surface area contributed by atoms with Crippen molar-refractivity contribution in [1.82, 2.24) is 0 Å². The van der Waals surface area contributed by atoms with E-state index in [0.717, 1.165) is 31.3 Å². The molecule has 16 heavy (non-hydrogen) atoms. The lowest BCUT2D eigenvalue weighted by atomic mass is 9.99. The molecule has 92 valence electrons. The number of carbonyl (C=O) groups excluding carboxylic acids is 1. The van der Waals surface area contributed by atoms with E-state index in [1.807, 2.05) is 6.08 Å². The summed E-state index contributed by atoms with van der Waals surface area (Å²) in [4.78, 5) is 11.8. The molecule has 0 aliphatic carbocycles. The summed E-state index contributed by atoms with van der Waals surface area (Å²) < 4.78 is 0. The Labute approximate surface area is 101 Å². The molecule has 0 aliphatic rings. The van der Waals surface area contributed by atoms with Gasteiger partial charge in [0, 0.05) is 6.42 Å². The van der Waals surface area contributed by atoms with E-state index in [4.69, 9.17) is 0 Å². The summed E-state index contributed by atoms with van der Waals surface area (Å²) in [5.41, 5.74) is 1.04. The SMILES string of the molecule is C=CCCC(=O)C(=CCC)CCCCCC. The molecule has 0 atom stereocenters. The normalized spacial score (nSPS) is 11.5. The molecule has 0 saturated carbocycles. The van der Waals surface area contributed by atoms with Crippen LogP contribution in [0.2, 0.25) is 0 Å². The van der Waals surface area contributed by atoms with Crippen molar-refractivity contribution in [1.29, 1.82) is 0 Å². The molecule has 0 rings (SSSR count). The smallest absolute Gasteiger partial charge is 0.158 e. The molecule has 0 aromatic rings. The van der Waals surface area contributed by atoms with Gasteiger partial charge < -0.3 is 0 Å². The zero-order chi connectivity index (χ0) is 12.2. The topological polar surface area (TPSA) is 17.1 Å². The Morgan fingerprint density at radius 1 is 1.12 bits per heavy atom. The highest BCUT2D eigenvalue weighted by Gasteiger charge is 2.07. The van der Waals surface area contributed by atoms with Gasteiger partial charge in [0.2, 0.25) is 0 Å². The second kappa shape index (κ2) is 10.7. The predicted octanol–water partition coefficient (Wildman–Crippen LogP) is 4.83. The van der Waals surface area contributed by atoms with Gasteiger partial charge in [0.25, 0.3) is 0 Å². The van der Waals surface area contributed by atoms with Crippen LogP contribution in [0.15, 0.2) is 24.3 Å². The number of hydrogen-bond acceptors (Lipinski definition) is 1. The van der Waals surface area contributed by atoms with Crippen molar-refractivity contribution in [2.24, 2.45) is 0 Å². The van der Waals surface area contributed by atoms with Crippen LogP contribution in [0.1, 0.15) is 65.2 Å². The number of hydrogen-bond donors (Lipinski definition) is 0. The molecule has 0 amide bonds. The third kappa shape index (κ3) is 7.44. The first-order chi connectivity index (χ1) is 7.76. The highest BCUT2D eigenvalue weighted by Crippen LogP contribution is 2.14. The molecule has 0 saturated heterocycles. The minimum absolute atomic E-state index is 0.318. The summed E-state index contributed by atoms with van der Waals surface area (Å²) >= 11 is 0. The Morgan fingerprint density at radius 3 is 2.44 bits per heavy atom. The van der Waals surface area contributed by atoms with Crippen molar-refractivity contribution in [3.05, 3.63) is 24.3 Å². The lowest BCUT2D eigenvalue weighted by molar-refractivity contribution is -0.115. The highest BCUT2D eigenvalue weighted by molar-refractivity contribution is 5.95. The molecule has 0 unspecified atom stereocenters. The first-order valence-corrected chi connectivity index (χ1v) is 6.59. The first-order valence-electron chi connectivity index (χ1n) is 6.59. The van der Waals surface area contributed by atoms with Crippen molar-refractivity contribution in [3.63, 3.8) is 0 Å². The number of allylic oxidation sites excluding steroid dienone is 3. The second-order valence-corrected chi connectivity index (χ2v) is 4.20. The van der Waals surface area contributed by atoms with E-state index < -0.39 is 0 Å². The molecule has 0 spiro atoms. The number of rotatable bonds is 10. The van der Waals surface area contributed by atoms with E-state index >= 15 is 0 Å². The van der Waals surface area contributed by atoms with Gasteiger partial charge in [0.15, 0.2) is 5.78 Å². The highest BCUT2D eigenvalue weighted by atomic mass is 16.1.